The monoisotopic (exact) mass is 546 g/mol. The number of carbonyl (C=O) groups excluding carboxylic acids is 2. The molecule has 204 valence electrons. The number of ether oxygens (including phenoxy) is 1. The first-order chi connectivity index (χ1) is 19.9. The lowest BCUT2D eigenvalue weighted by Crippen LogP contribution is -2.42. The number of hydrogen-bond donors (Lipinski definition) is 0. The fraction of sp³-hybridized carbons (Fsp3) is 0.152. The van der Waals surface area contributed by atoms with E-state index in [0.29, 0.717) is 23.4 Å². The standard InChI is InChI=1S/C33H27FN4O3/c1-3-16-41-30-15-14-24(18-29(30)34)31-25(21-38(36-31)26-12-8-5-9-13-26)17-27-22(2)28(19-35)33(40)37(32(27)39)20-23-10-6-4-7-11-23/h4-15,17-18,21H,3,16,20H2,1-2H3/b27-17+. The van der Waals surface area contributed by atoms with Crippen molar-refractivity contribution in [2.24, 2.45) is 0 Å². The Balaban J connectivity index is 1.64. The Morgan fingerprint density at radius 2 is 1.71 bits per heavy atom. The molecule has 0 N–H and O–H groups in total. The Hall–Kier alpha value is -5.29. The van der Waals surface area contributed by atoms with Gasteiger partial charge in [0.15, 0.2) is 11.6 Å². The van der Waals surface area contributed by atoms with Crippen LogP contribution in [0.5, 0.6) is 5.75 Å². The smallest absolute Gasteiger partial charge is 0.271 e. The van der Waals surface area contributed by atoms with Gasteiger partial charge in [-0.2, -0.15) is 10.4 Å². The lowest BCUT2D eigenvalue weighted by molar-refractivity contribution is -0.141. The summed E-state index contributed by atoms with van der Waals surface area (Å²) in [4.78, 5) is 27.9. The van der Waals surface area contributed by atoms with Gasteiger partial charge in [0.25, 0.3) is 11.8 Å². The zero-order chi connectivity index (χ0) is 28.9. The van der Waals surface area contributed by atoms with Crippen LogP contribution < -0.4 is 4.74 Å². The van der Waals surface area contributed by atoms with E-state index in [9.17, 15) is 19.2 Å². The molecule has 41 heavy (non-hydrogen) atoms. The number of aromatic nitrogens is 2. The molecule has 0 radical (unpaired) electrons. The van der Waals surface area contributed by atoms with Crippen LogP contribution in [0.2, 0.25) is 0 Å². The number of imide groups is 1. The zero-order valence-corrected chi connectivity index (χ0v) is 22.7. The topological polar surface area (TPSA) is 88.2 Å². The predicted molar refractivity (Wildman–Crippen MR) is 153 cm³/mol. The third-order valence-electron chi connectivity index (χ3n) is 6.74. The fourth-order valence-electron chi connectivity index (χ4n) is 4.60. The first-order valence-electron chi connectivity index (χ1n) is 13.2. The second-order valence-corrected chi connectivity index (χ2v) is 9.56. The van der Waals surface area contributed by atoms with Crippen LogP contribution in [0.15, 0.2) is 102 Å². The summed E-state index contributed by atoms with van der Waals surface area (Å²) in [6.45, 7) is 3.94. The number of benzene rings is 3. The van der Waals surface area contributed by atoms with Crippen LogP contribution in [-0.2, 0) is 16.1 Å². The molecule has 0 spiro atoms. The Kier molecular flexibility index (Phi) is 7.88. The number of nitriles is 1. The van der Waals surface area contributed by atoms with Crippen LogP contribution in [0.3, 0.4) is 0 Å². The SMILES string of the molecule is CCCOc1ccc(-c2nn(-c3ccccc3)cc2/C=C2/C(=O)N(Cc3ccccc3)C(=O)C(C#N)=C2C)cc1F. The third kappa shape index (κ3) is 5.56. The van der Waals surface area contributed by atoms with Crippen molar-refractivity contribution in [3.8, 4) is 28.8 Å². The highest BCUT2D eigenvalue weighted by atomic mass is 19.1. The molecule has 0 bridgehead atoms. The van der Waals surface area contributed by atoms with Gasteiger partial charge in [-0.25, -0.2) is 9.07 Å². The molecule has 7 nitrogen and oxygen atoms in total. The second kappa shape index (κ2) is 11.8. The fourth-order valence-corrected chi connectivity index (χ4v) is 4.60. The second-order valence-electron chi connectivity index (χ2n) is 9.56. The van der Waals surface area contributed by atoms with Gasteiger partial charge in [-0.05, 0) is 60.9 Å². The highest BCUT2D eigenvalue weighted by molar-refractivity contribution is 6.19. The molecule has 1 aromatic heterocycles. The van der Waals surface area contributed by atoms with Gasteiger partial charge < -0.3 is 4.74 Å². The van der Waals surface area contributed by atoms with E-state index in [4.69, 9.17) is 9.84 Å². The Bertz CT molecular complexity index is 1720. The van der Waals surface area contributed by atoms with Crippen LogP contribution in [0.25, 0.3) is 23.0 Å². The highest BCUT2D eigenvalue weighted by Crippen LogP contribution is 2.33. The Morgan fingerprint density at radius 1 is 1.00 bits per heavy atom. The number of nitrogens with zero attached hydrogens (tertiary/aromatic N) is 4. The molecule has 0 fully saturated rings. The maximum absolute atomic E-state index is 15.0. The molecular weight excluding hydrogens is 519 g/mol. The highest BCUT2D eigenvalue weighted by Gasteiger charge is 2.35. The molecule has 8 heteroatoms. The van der Waals surface area contributed by atoms with Crippen molar-refractivity contribution < 1.29 is 18.7 Å². The van der Waals surface area contributed by atoms with Crippen LogP contribution in [0, 0.1) is 17.1 Å². The van der Waals surface area contributed by atoms with E-state index in [1.54, 1.807) is 36.0 Å². The van der Waals surface area contributed by atoms with Crippen molar-refractivity contribution in [1.29, 1.82) is 5.26 Å². The first-order valence-corrected chi connectivity index (χ1v) is 13.2. The Morgan fingerprint density at radius 3 is 2.37 bits per heavy atom. The van der Waals surface area contributed by atoms with Crippen molar-refractivity contribution >= 4 is 17.9 Å². The van der Waals surface area contributed by atoms with Gasteiger partial charge in [-0.3, -0.25) is 14.5 Å². The normalized spacial score (nSPS) is 14.5. The minimum atomic E-state index is -0.638. The van der Waals surface area contributed by atoms with E-state index < -0.39 is 17.6 Å². The number of amides is 2. The Labute approximate surface area is 237 Å². The summed E-state index contributed by atoms with van der Waals surface area (Å²) < 4.78 is 22.1. The summed E-state index contributed by atoms with van der Waals surface area (Å²) in [6.07, 6.45) is 4.10. The van der Waals surface area contributed by atoms with E-state index in [-0.39, 0.29) is 29.0 Å². The number of halogens is 1. The average Bonchev–Trinajstić information content (AvgIpc) is 3.42. The number of hydrogen-bond acceptors (Lipinski definition) is 5. The van der Waals surface area contributed by atoms with Crippen molar-refractivity contribution in [1.82, 2.24) is 14.7 Å². The largest absolute Gasteiger partial charge is 0.491 e. The average molecular weight is 547 g/mol. The van der Waals surface area contributed by atoms with Gasteiger partial charge in [0.1, 0.15) is 17.3 Å². The predicted octanol–water partition coefficient (Wildman–Crippen LogP) is 6.26. The quantitative estimate of drug-likeness (QED) is 0.192. The number of para-hydroxylation sites is 1. The molecule has 0 saturated heterocycles. The molecule has 3 aromatic carbocycles. The van der Waals surface area contributed by atoms with E-state index in [1.165, 1.54) is 6.07 Å². The zero-order valence-electron chi connectivity index (χ0n) is 22.7. The van der Waals surface area contributed by atoms with Gasteiger partial charge in [0.05, 0.1) is 18.8 Å². The molecule has 1 aliphatic rings. The van der Waals surface area contributed by atoms with E-state index in [2.05, 4.69) is 0 Å². The van der Waals surface area contributed by atoms with Gasteiger partial charge in [0, 0.05) is 22.9 Å². The first kappa shape index (κ1) is 27.3. The molecular formula is C33H27FN4O3. The molecule has 0 unspecified atom stereocenters. The summed E-state index contributed by atoms with van der Waals surface area (Å²) in [6, 6.07) is 25.1. The van der Waals surface area contributed by atoms with Gasteiger partial charge in [-0.15, -0.1) is 0 Å². The van der Waals surface area contributed by atoms with Crippen molar-refractivity contribution in [3.05, 3.63) is 119 Å². The molecule has 0 atom stereocenters. The molecule has 5 rings (SSSR count). The van der Waals surface area contributed by atoms with Gasteiger partial charge in [-0.1, -0.05) is 55.5 Å². The summed E-state index contributed by atoms with van der Waals surface area (Å²) >= 11 is 0. The van der Waals surface area contributed by atoms with Crippen LogP contribution in [-0.4, -0.2) is 33.1 Å². The van der Waals surface area contributed by atoms with Crippen molar-refractivity contribution in [2.75, 3.05) is 6.61 Å². The number of rotatable bonds is 8. The van der Waals surface area contributed by atoms with Crippen LogP contribution in [0.1, 0.15) is 31.4 Å². The summed E-state index contributed by atoms with van der Waals surface area (Å²) in [7, 11) is 0. The number of carbonyl (C=O) groups is 2. The van der Waals surface area contributed by atoms with Crippen molar-refractivity contribution in [3.63, 3.8) is 0 Å². The molecule has 4 aromatic rings. The van der Waals surface area contributed by atoms with E-state index in [0.717, 1.165) is 22.6 Å². The minimum Gasteiger partial charge on any atom is -0.491 e. The third-order valence-corrected chi connectivity index (χ3v) is 6.74. The summed E-state index contributed by atoms with van der Waals surface area (Å²) in [5, 5.41) is 14.6. The molecule has 0 aliphatic carbocycles. The molecule has 2 heterocycles. The van der Waals surface area contributed by atoms with Gasteiger partial charge in [0.2, 0.25) is 0 Å². The lowest BCUT2D eigenvalue weighted by Gasteiger charge is -2.27. The van der Waals surface area contributed by atoms with Crippen LogP contribution >= 0.6 is 0 Å². The minimum absolute atomic E-state index is 0.0227. The molecule has 2 amide bonds. The maximum Gasteiger partial charge on any atom is 0.271 e. The summed E-state index contributed by atoms with van der Waals surface area (Å²) in [5.41, 5.74) is 3.31. The molecule has 1 aliphatic heterocycles. The van der Waals surface area contributed by atoms with Gasteiger partial charge >= 0.3 is 0 Å². The van der Waals surface area contributed by atoms with Crippen molar-refractivity contribution in [2.45, 2.75) is 26.8 Å². The lowest BCUT2D eigenvalue weighted by atomic mass is 9.93. The van der Waals surface area contributed by atoms with E-state index in [1.807, 2.05) is 73.7 Å². The summed E-state index contributed by atoms with van der Waals surface area (Å²) in [5.74, 6) is -1.54. The molecule has 0 saturated carbocycles. The van der Waals surface area contributed by atoms with E-state index >= 15 is 0 Å². The van der Waals surface area contributed by atoms with Crippen LogP contribution in [0.4, 0.5) is 4.39 Å². The maximum atomic E-state index is 15.0.